The molecule has 0 N–H and O–H groups in total. The Balaban J connectivity index is 1.36. The summed E-state index contributed by atoms with van der Waals surface area (Å²) in [4.78, 5) is 13.5. The molecule has 1 heterocycles. The van der Waals surface area contributed by atoms with Crippen molar-refractivity contribution in [2.75, 3.05) is 0 Å². The van der Waals surface area contributed by atoms with E-state index in [0.29, 0.717) is 10.8 Å². The molecule has 6 heteroatoms. The number of Topliss-reactive ketones (excluding diaryl/α,β-unsaturated/α-hetero) is 1. The Morgan fingerprint density at radius 1 is 1.22 bits per heavy atom. The molecule has 4 aliphatic carbocycles. The van der Waals surface area contributed by atoms with Gasteiger partial charge in [0.05, 0.1) is 10.9 Å². The van der Waals surface area contributed by atoms with Gasteiger partial charge >= 0.3 is 0 Å². The highest BCUT2D eigenvalue weighted by Crippen LogP contribution is 2.61. The van der Waals surface area contributed by atoms with Crippen molar-refractivity contribution >= 4 is 29.1 Å². The van der Waals surface area contributed by atoms with E-state index in [1.54, 1.807) is 6.33 Å². The lowest BCUT2D eigenvalue weighted by Crippen LogP contribution is -2.51. The van der Waals surface area contributed by atoms with Crippen molar-refractivity contribution < 1.29 is 4.79 Å². The summed E-state index contributed by atoms with van der Waals surface area (Å²) in [6.45, 7) is 2.04. The van der Waals surface area contributed by atoms with Gasteiger partial charge in [-0.1, -0.05) is 29.4 Å². The van der Waals surface area contributed by atoms with Crippen molar-refractivity contribution in [3.8, 4) is 5.69 Å². The molecular formula is C21H24ClN3OS. The number of ketones is 1. The predicted molar refractivity (Wildman–Crippen MR) is 107 cm³/mol. The smallest absolute Gasteiger partial charge is 0.196 e. The van der Waals surface area contributed by atoms with Gasteiger partial charge in [0.15, 0.2) is 10.9 Å². The Morgan fingerprint density at radius 3 is 2.52 bits per heavy atom. The fourth-order valence-corrected chi connectivity index (χ4v) is 7.38. The Hall–Kier alpha value is -1.33. The maximum Gasteiger partial charge on any atom is 0.196 e. The summed E-state index contributed by atoms with van der Waals surface area (Å²) in [5.41, 5.74) is 0.853. The monoisotopic (exact) mass is 401 g/mol. The van der Waals surface area contributed by atoms with Crippen LogP contribution in [0.15, 0.2) is 35.7 Å². The molecule has 27 heavy (non-hydrogen) atoms. The largest absolute Gasteiger partial charge is 0.298 e. The van der Waals surface area contributed by atoms with Crippen LogP contribution < -0.4 is 0 Å². The van der Waals surface area contributed by atoms with Crippen LogP contribution in [0, 0.1) is 23.2 Å². The normalized spacial score (nSPS) is 32.6. The quantitative estimate of drug-likeness (QED) is 0.647. The zero-order chi connectivity index (χ0) is 18.6. The van der Waals surface area contributed by atoms with Gasteiger partial charge in [-0.05, 0) is 81.4 Å². The van der Waals surface area contributed by atoms with E-state index in [2.05, 4.69) is 10.2 Å². The fourth-order valence-electron chi connectivity index (χ4n) is 6.16. The standard InChI is InChI=1S/C21H24ClN3OS/c1-13(19(26)21-9-14-5-15(10-21)7-16(6-14)11-21)27-20-24-23-12-25(20)18-4-2-3-17(22)8-18/h2-4,8,12-16H,5-7,9-11H2,1H3. The van der Waals surface area contributed by atoms with Crippen LogP contribution in [0.2, 0.25) is 5.02 Å². The lowest BCUT2D eigenvalue weighted by Gasteiger charge is -2.56. The van der Waals surface area contributed by atoms with Crippen molar-refractivity contribution in [3.05, 3.63) is 35.6 Å². The second-order valence-corrected chi connectivity index (χ2v) is 10.5. The van der Waals surface area contributed by atoms with E-state index in [4.69, 9.17) is 11.6 Å². The maximum atomic E-state index is 13.5. The highest BCUT2D eigenvalue weighted by Gasteiger charge is 2.55. The van der Waals surface area contributed by atoms with Crippen molar-refractivity contribution in [2.24, 2.45) is 23.2 Å². The molecule has 0 amide bonds. The number of nitrogens with zero attached hydrogens (tertiary/aromatic N) is 3. The fraction of sp³-hybridized carbons (Fsp3) is 0.571. The molecule has 2 aromatic rings. The van der Waals surface area contributed by atoms with E-state index in [9.17, 15) is 4.79 Å². The number of hydrogen-bond donors (Lipinski definition) is 0. The second-order valence-electron chi connectivity index (χ2n) is 8.79. The third-order valence-electron chi connectivity index (χ3n) is 6.82. The van der Waals surface area contributed by atoms with E-state index < -0.39 is 0 Å². The minimum absolute atomic E-state index is 0.0674. The molecular weight excluding hydrogens is 378 g/mol. The van der Waals surface area contributed by atoms with Crippen LogP contribution in [0.4, 0.5) is 0 Å². The molecule has 1 atom stereocenters. The van der Waals surface area contributed by atoms with E-state index >= 15 is 0 Å². The van der Waals surface area contributed by atoms with Crippen LogP contribution >= 0.6 is 23.4 Å². The summed E-state index contributed by atoms with van der Waals surface area (Å²) < 4.78 is 1.92. The van der Waals surface area contributed by atoms with E-state index in [1.165, 1.54) is 31.0 Å². The average molecular weight is 402 g/mol. The van der Waals surface area contributed by atoms with Crippen molar-refractivity contribution in [1.82, 2.24) is 14.8 Å². The highest BCUT2D eigenvalue weighted by atomic mass is 35.5. The molecule has 0 saturated heterocycles. The number of thioether (sulfide) groups is 1. The van der Waals surface area contributed by atoms with Crippen LogP contribution in [0.1, 0.15) is 45.4 Å². The molecule has 0 radical (unpaired) electrons. The first-order valence-corrected chi connectivity index (χ1v) is 11.2. The molecule has 0 spiro atoms. The number of hydrogen-bond acceptors (Lipinski definition) is 4. The van der Waals surface area contributed by atoms with E-state index in [1.807, 2.05) is 35.8 Å². The third-order valence-corrected chi connectivity index (χ3v) is 8.11. The van der Waals surface area contributed by atoms with Crippen LogP contribution in [0.3, 0.4) is 0 Å². The van der Waals surface area contributed by atoms with Gasteiger partial charge in [0.2, 0.25) is 0 Å². The molecule has 4 aliphatic rings. The van der Waals surface area contributed by atoms with E-state index in [0.717, 1.165) is 47.9 Å². The molecule has 0 aliphatic heterocycles. The van der Waals surface area contributed by atoms with Gasteiger partial charge in [-0.25, -0.2) is 0 Å². The number of rotatable bonds is 5. The van der Waals surface area contributed by atoms with Gasteiger partial charge in [0.1, 0.15) is 6.33 Å². The van der Waals surface area contributed by atoms with Crippen LogP contribution in [0.25, 0.3) is 5.69 Å². The lowest BCUT2D eigenvalue weighted by atomic mass is 9.48. The van der Waals surface area contributed by atoms with Gasteiger partial charge < -0.3 is 0 Å². The first kappa shape index (κ1) is 17.7. The van der Waals surface area contributed by atoms with Crippen LogP contribution in [-0.4, -0.2) is 25.8 Å². The Morgan fingerprint density at radius 2 is 1.89 bits per heavy atom. The van der Waals surface area contributed by atoms with Crippen molar-refractivity contribution in [1.29, 1.82) is 0 Å². The van der Waals surface area contributed by atoms with Gasteiger partial charge in [0.25, 0.3) is 0 Å². The van der Waals surface area contributed by atoms with Gasteiger partial charge in [-0.3, -0.25) is 9.36 Å². The number of aromatic nitrogens is 3. The second kappa shape index (κ2) is 6.63. The number of carbonyl (C=O) groups excluding carboxylic acids is 1. The summed E-state index contributed by atoms with van der Waals surface area (Å²) in [7, 11) is 0. The number of halogens is 1. The lowest BCUT2D eigenvalue weighted by molar-refractivity contribution is -0.142. The zero-order valence-corrected chi connectivity index (χ0v) is 17.0. The molecule has 1 aromatic carbocycles. The summed E-state index contributed by atoms with van der Waals surface area (Å²) in [6.07, 6.45) is 9.11. The predicted octanol–water partition coefficient (Wildman–Crippen LogP) is 5.19. The molecule has 1 unspecified atom stereocenters. The number of benzene rings is 1. The topological polar surface area (TPSA) is 47.8 Å². The van der Waals surface area contributed by atoms with Crippen molar-refractivity contribution in [3.63, 3.8) is 0 Å². The third kappa shape index (κ3) is 3.13. The molecule has 4 saturated carbocycles. The maximum absolute atomic E-state index is 13.5. The Kier molecular flexibility index (Phi) is 4.36. The summed E-state index contributed by atoms with van der Waals surface area (Å²) in [5.74, 6) is 2.79. The summed E-state index contributed by atoms with van der Waals surface area (Å²) >= 11 is 7.66. The van der Waals surface area contributed by atoms with Crippen molar-refractivity contribution in [2.45, 2.75) is 55.9 Å². The van der Waals surface area contributed by atoms with Crippen LogP contribution in [0.5, 0.6) is 0 Å². The molecule has 142 valence electrons. The SMILES string of the molecule is CC(Sc1nncn1-c1cccc(Cl)c1)C(=O)C12CC3CC(CC(C3)C1)C2. The molecule has 1 aromatic heterocycles. The average Bonchev–Trinajstić information content (AvgIpc) is 3.08. The Labute approximate surface area is 169 Å². The summed E-state index contributed by atoms with van der Waals surface area (Å²) in [5, 5.41) is 9.66. The highest BCUT2D eigenvalue weighted by molar-refractivity contribution is 8.00. The van der Waals surface area contributed by atoms with Gasteiger partial charge in [-0.15, -0.1) is 10.2 Å². The minimum atomic E-state index is -0.108. The molecule has 4 fully saturated rings. The zero-order valence-electron chi connectivity index (χ0n) is 15.5. The van der Waals surface area contributed by atoms with E-state index in [-0.39, 0.29) is 10.7 Å². The first-order valence-electron chi connectivity index (χ1n) is 9.89. The molecule has 6 rings (SSSR count). The summed E-state index contributed by atoms with van der Waals surface area (Å²) in [6, 6.07) is 7.63. The minimum Gasteiger partial charge on any atom is -0.298 e. The Bertz CT molecular complexity index is 845. The van der Waals surface area contributed by atoms with Gasteiger partial charge in [-0.2, -0.15) is 0 Å². The van der Waals surface area contributed by atoms with Crippen LogP contribution in [-0.2, 0) is 4.79 Å². The first-order chi connectivity index (χ1) is 13.0. The van der Waals surface area contributed by atoms with Gasteiger partial charge in [0, 0.05) is 10.4 Å². The molecule has 4 bridgehead atoms. The number of carbonyl (C=O) groups is 1. The molecule has 4 nitrogen and oxygen atoms in total.